The van der Waals surface area contributed by atoms with Gasteiger partial charge in [0.2, 0.25) is 0 Å². The number of rotatable bonds is 3. The van der Waals surface area contributed by atoms with Crippen molar-refractivity contribution in [1.29, 1.82) is 0 Å². The van der Waals surface area contributed by atoms with Gasteiger partial charge in [-0.15, -0.1) is 0 Å². The van der Waals surface area contributed by atoms with Crippen LogP contribution in [0.2, 0.25) is 0 Å². The molecule has 38 heavy (non-hydrogen) atoms. The second kappa shape index (κ2) is 8.19. The molecule has 3 heteroatoms. The molecule has 0 spiro atoms. The Morgan fingerprint density at radius 1 is 0.368 bits per heavy atom. The van der Waals surface area contributed by atoms with Gasteiger partial charge in [-0.05, 0) is 53.6 Å². The number of para-hydroxylation sites is 3. The third-order valence-corrected chi connectivity index (χ3v) is 7.49. The summed E-state index contributed by atoms with van der Waals surface area (Å²) in [6.45, 7) is 0. The maximum Gasteiger partial charge on any atom is 0.0972 e. The summed E-state index contributed by atoms with van der Waals surface area (Å²) in [6.07, 6.45) is 0. The highest BCUT2D eigenvalue weighted by molar-refractivity contribution is 6.15. The fourth-order valence-electron chi connectivity index (χ4n) is 5.82. The average Bonchev–Trinajstić information content (AvgIpc) is 3.49. The predicted octanol–water partition coefficient (Wildman–Crippen LogP) is 8.94. The molecule has 178 valence electrons. The van der Waals surface area contributed by atoms with E-state index >= 15 is 0 Å². The lowest BCUT2D eigenvalue weighted by atomic mass is 10.1. The quantitative estimate of drug-likeness (QED) is 0.245. The van der Waals surface area contributed by atoms with E-state index in [9.17, 15) is 0 Å². The van der Waals surface area contributed by atoms with Crippen molar-refractivity contribution in [2.45, 2.75) is 0 Å². The van der Waals surface area contributed by atoms with Crippen LogP contribution in [0.4, 0.5) is 0 Å². The highest BCUT2D eigenvalue weighted by Crippen LogP contribution is 2.38. The van der Waals surface area contributed by atoms with Crippen molar-refractivity contribution in [1.82, 2.24) is 14.1 Å². The summed E-state index contributed by atoms with van der Waals surface area (Å²) in [6, 6.07) is 49.4. The number of hydrogen-bond donors (Lipinski definition) is 0. The second-order valence-electron chi connectivity index (χ2n) is 9.68. The van der Waals surface area contributed by atoms with Crippen LogP contribution in [0.1, 0.15) is 0 Å². The fraction of sp³-hybridized carbons (Fsp3) is 0. The molecular formula is C35H23N3. The molecule has 0 aliphatic carbocycles. The fourth-order valence-corrected chi connectivity index (χ4v) is 5.82. The van der Waals surface area contributed by atoms with E-state index in [2.05, 4.69) is 149 Å². The number of fused-ring (bicyclic) bond motifs is 6. The first-order valence-electron chi connectivity index (χ1n) is 12.9. The van der Waals surface area contributed by atoms with E-state index < -0.39 is 0 Å². The number of hydrogen-bond acceptors (Lipinski definition) is 1. The van der Waals surface area contributed by atoms with E-state index in [0.717, 1.165) is 55.2 Å². The summed E-state index contributed by atoms with van der Waals surface area (Å²) in [7, 11) is 0. The van der Waals surface area contributed by atoms with Crippen LogP contribution in [0.25, 0.3) is 66.4 Å². The molecule has 8 rings (SSSR count). The van der Waals surface area contributed by atoms with Crippen LogP contribution < -0.4 is 0 Å². The molecule has 0 amide bonds. The maximum absolute atomic E-state index is 5.37. The lowest BCUT2D eigenvalue weighted by Gasteiger charge is -2.11. The average molecular weight is 486 g/mol. The van der Waals surface area contributed by atoms with Gasteiger partial charge in [-0.25, -0.2) is 4.98 Å². The monoisotopic (exact) mass is 485 g/mol. The van der Waals surface area contributed by atoms with Crippen molar-refractivity contribution in [2.75, 3.05) is 0 Å². The van der Waals surface area contributed by atoms with Crippen molar-refractivity contribution in [3.63, 3.8) is 0 Å². The van der Waals surface area contributed by atoms with Crippen LogP contribution in [0.3, 0.4) is 0 Å². The molecule has 8 aromatic rings. The van der Waals surface area contributed by atoms with Gasteiger partial charge in [-0.1, -0.05) is 97.1 Å². The van der Waals surface area contributed by atoms with Gasteiger partial charge in [0.25, 0.3) is 0 Å². The van der Waals surface area contributed by atoms with Gasteiger partial charge < -0.3 is 9.13 Å². The molecule has 0 atom stereocenters. The summed E-state index contributed by atoms with van der Waals surface area (Å²) in [5, 5.41) is 2.32. The SMILES string of the molecule is c1ccc(-c2cccc(-n3c4ccccc4c4nc5c6ccccc6n(-c6ccccc6)c5cc43)c2)cc1. The topological polar surface area (TPSA) is 22.8 Å². The molecule has 0 fully saturated rings. The minimum Gasteiger partial charge on any atom is -0.308 e. The summed E-state index contributed by atoms with van der Waals surface area (Å²) >= 11 is 0. The van der Waals surface area contributed by atoms with E-state index in [4.69, 9.17) is 4.98 Å². The molecule has 0 unspecified atom stereocenters. The molecule has 3 nitrogen and oxygen atoms in total. The zero-order chi connectivity index (χ0) is 25.1. The zero-order valence-electron chi connectivity index (χ0n) is 20.6. The Hall–Kier alpha value is -5.15. The first-order chi connectivity index (χ1) is 18.9. The molecule has 0 radical (unpaired) electrons. The lowest BCUT2D eigenvalue weighted by Crippen LogP contribution is -1.96. The number of pyridine rings is 1. The third-order valence-electron chi connectivity index (χ3n) is 7.49. The lowest BCUT2D eigenvalue weighted by molar-refractivity contribution is 1.16. The predicted molar refractivity (Wildman–Crippen MR) is 158 cm³/mol. The van der Waals surface area contributed by atoms with Crippen LogP contribution >= 0.6 is 0 Å². The molecule has 0 bridgehead atoms. The van der Waals surface area contributed by atoms with Gasteiger partial charge in [0, 0.05) is 22.1 Å². The first kappa shape index (κ1) is 21.0. The Bertz CT molecular complexity index is 2120. The minimum atomic E-state index is 1.02. The zero-order valence-corrected chi connectivity index (χ0v) is 20.6. The molecule has 3 heterocycles. The Kier molecular flexibility index (Phi) is 4.52. The molecule has 0 N–H and O–H groups in total. The maximum atomic E-state index is 5.37. The van der Waals surface area contributed by atoms with Crippen LogP contribution in [0.15, 0.2) is 140 Å². The summed E-state index contributed by atoms with van der Waals surface area (Å²) in [5.41, 5.74) is 11.2. The van der Waals surface area contributed by atoms with E-state index in [1.165, 1.54) is 11.1 Å². The molecule has 0 aliphatic rings. The second-order valence-corrected chi connectivity index (χ2v) is 9.68. The van der Waals surface area contributed by atoms with Crippen molar-refractivity contribution in [3.8, 4) is 22.5 Å². The number of benzene rings is 5. The Morgan fingerprint density at radius 3 is 1.53 bits per heavy atom. The number of aromatic nitrogens is 3. The standard InChI is InChI=1S/C35H23N3/c1-3-12-24(13-4-1)25-14-11-17-27(22-25)38-31-21-10-8-19-29(31)35-33(38)23-32-34(36-35)28-18-7-9-20-30(28)37(32)26-15-5-2-6-16-26/h1-23H. The van der Waals surface area contributed by atoms with Crippen LogP contribution in [0, 0.1) is 0 Å². The highest BCUT2D eigenvalue weighted by Gasteiger charge is 2.19. The van der Waals surface area contributed by atoms with Gasteiger partial charge in [0.15, 0.2) is 0 Å². The van der Waals surface area contributed by atoms with Gasteiger partial charge in [-0.2, -0.15) is 0 Å². The van der Waals surface area contributed by atoms with Crippen molar-refractivity contribution in [2.24, 2.45) is 0 Å². The molecule has 0 aliphatic heterocycles. The summed E-state index contributed by atoms with van der Waals surface area (Å²) in [5.74, 6) is 0. The molecule has 5 aromatic carbocycles. The van der Waals surface area contributed by atoms with E-state index in [0.29, 0.717) is 0 Å². The van der Waals surface area contributed by atoms with E-state index in [-0.39, 0.29) is 0 Å². The highest BCUT2D eigenvalue weighted by atomic mass is 15.0. The minimum absolute atomic E-state index is 1.02. The van der Waals surface area contributed by atoms with E-state index in [1.54, 1.807) is 0 Å². The summed E-state index contributed by atoms with van der Waals surface area (Å²) < 4.78 is 4.69. The molecular weight excluding hydrogens is 462 g/mol. The van der Waals surface area contributed by atoms with Crippen molar-refractivity contribution in [3.05, 3.63) is 140 Å². The van der Waals surface area contributed by atoms with Gasteiger partial charge in [0.1, 0.15) is 0 Å². The molecule has 3 aromatic heterocycles. The van der Waals surface area contributed by atoms with Crippen molar-refractivity contribution < 1.29 is 0 Å². The first-order valence-corrected chi connectivity index (χ1v) is 12.9. The van der Waals surface area contributed by atoms with Gasteiger partial charge >= 0.3 is 0 Å². The van der Waals surface area contributed by atoms with E-state index in [1.807, 2.05) is 0 Å². The van der Waals surface area contributed by atoms with Crippen LogP contribution in [-0.4, -0.2) is 14.1 Å². The van der Waals surface area contributed by atoms with Gasteiger partial charge in [0.05, 0.1) is 33.1 Å². The van der Waals surface area contributed by atoms with Crippen molar-refractivity contribution >= 4 is 43.9 Å². The largest absolute Gasteiger partial charge is 0.308 e. The third kappa shape index (κ3) is 3.06. The van der Waals surface area contributed by atoms with Crippen LogP contribution in [0.5, 0.6) is 0 Å². The molecule has 0 saturated carbocycles. The van der Waals surface area contributed by atoms with Gasteiger partial charge in [-0.3, -0.25) is 0 Å². The Labute approximate surface area is 219 Å². The smallest absolute Gasteiger partial charge is 0.0972 e. The number of nitrogens with zero attached hydrogens (tertiary/aromatic N) is 3. The normalized spacial score (nSPS) is 11.7. The molecule has 0 saturated heterocycles. The Morgan fingerprint density at radius 2 is 0.868 bits per heavy atom. The summed E-state index contributed by atoms with van der Waals surface area (Å²) in [4.78, 5) is 5.37. The Balaban J connectivity index is 1.50. The van der Waals surface area contributed by atoms with Crippen LogP contribution in [-0.2, 0) is 0 Å².